The molecule has 0 unspecified atom stereocenters. The highest BCUT2D eigenvalue weighted by atomic mass is 32.3. The quantitative estimate of drug-likeness (QED) is 0.194. The summed E-state index contributed by atoms with van der Waals surface area (Å²) in [7, 11) is -13.4. The molecule has 19 heteroatoms. The molecule has 1 aromatic carbocycles. The third-order valence-corrected chi connectivity index (χ3v) is 6.89. The van der Waals surface area contributed by atoms with E-state index < -0.39 is 37.2 Å². The van der Waals surface area contributed by atoms with Gasteiger partial charge in [-0.2, -0.15) is 31.3 Å². The second-order valence-electron chi connectivity index (χ2n) is 7.12. The first-order valence-corrected chi connectivity index (χ1v) is 13.3. The van der Waals surface area contributed by atoms with Gasteiger partial charge in [-0.1, -0.05) is 13.3 Å². The van der Waals surface area contributed by atoms with Crippen LogP contribution in [0.3, 0.4) is 0 Å². The van der Waals surface area contributed by atoms with Gasteiger partial charge in [0.05, 0.1) is 5.69 Å². The monoisotopic (exact) mass is 606 g/mol. The Balaban J connectivity index is 0.000000439. The zero-order valence-electron chi connectivity index (χ0n) is 19.7. The smallest absolute Gasteiger partial charge is 0.443 e. The number of hydrogen-bond donors (Lipinski definition) is 1. The fourth-order valence-electron chi connectivity index (χ4n) is 2.38. The number of carbonyl (C=O) groups is 1. The van der Waals surface area contributed by atoms with Crippen LogP contribution >= 0.6 is 0 Å². The molecule has 2 aromatic rings. The first-order valence-electron chi connectivity index (χ1n) is 10.4. The van der Waals surface area contributed by atoms with Crippen LogP contribution in [0.5, 0.6) is 0 Å². The summed E-state index contributed by atoms with van der Waals surface area (Å²) in [5, 5.41) is 2.61. The predicted molar refractivity (Wildman–Crippen MR) is 123 cm³/mol. The van der Waals surface area contributed by atoms with Gasteiger partial charge in [-0.25, -0.2) is 31.0 Å². The van der Waals surface area contributed by atoms with Crippen LogP contribution in [-0.2, 0) is 42.5 Å². The topological polar surface area (TPSA) is 154 Å². The number of halogens is 6. The average molecular weight is 607 g/mol. The van der Waals surface area contributed by atoms with Crippen LogP contribution in [-0.4, -0.2) is 46.6 Å². The third-order valence-electron chi connectivity index (χ3n) is 4.15. The van der Waals surface area contributed by atoms with Crippen LogP contribution in [0.4, 0.5) is 42.5 Å². The van der Waals surface area contributed by atoms with Crippen molar-refractivity contribution in [2.75, 3.05) is 11.9 Å². The summed E-state index contributed by atoms with van der Waals surface area (Å²) in [6.07, 6.45) is 7.09. The molecule has 0 atom stereocenters. The number of ether oxygens (including phenoxy) is 1. The summed E-state index contributed by atoms with van der Waals surface area (Å²) in [5.74, 6) is 0. The van der Waals surface area contributed by atoms with Gasteiger partial charge in [0.25, 0.3) is 0 Å². The van der Waals surface area contributed by atoms with Gasteiger partial charge < -0.3 is 8.86 Å². The van der Waals surface area contributed by atoms with Crippen LogP contribution in [0, 0.1) is 0 Å². The van der Waals surface area contributed by atoms with Gasteiger partial charge in [0.1, 0.15) is 0 Å². The van der Waals surface area contributed by atoms with E-state index in [-0.39, 0.29) is 6.61 Å². The van der Waals surface area contributed by atoms with Crippen molar-refractivity contribution in [1.29, 1.82) is 0 Å². The number of sulfonamides is 2. The summed E-state index contributed by atoms with van der Waals surface area (Å²) >= 11 is 0. The molecule has 0 aliphatic carbocycles. The standard InChI is InChI=1S/C18H19N3O3.C2F6NO4S2/c1-2-3-15-8-10-21(11-9-15)12-13-24-18(23)20-17-6-4-16(5-7-17)19-14-22;3-1(4,5)14(10,11)9-15(12,13)2(6,7)8/h4-11H,2-3,12-13H2,1H3;/q;-1/p+1. The van der Waals surface area contributed by atoms with Crippen molar-refractivity contribution < 1.29 is 62.1 Å². The van der Waals surface area contributed by atoms with E-state index in [4.69, 9.17) is 4.74 Å². The number of aromatic nitrogens is 1. The number of benzene rings is 1. The summed E-state index contributed by atoms with van der Waals surface area (Å²) in [4.78, 5) is 25.3. The normalized spacial score (nSPS) is 12.0. The van der Waals surface area contributed by atoms with Crippen molar-refractivity contribution in [2.45, 2.75) is 37.3 Å². The second-order valence-corrected chi connectivity index (χ2v) is 10.5. The summed E-state index contributed by atoms with van der Waals surface area (Å²) in [6, 6.07) is 10.6. The number of nitrogens with one attached hydrogen (secondary N) is 1. The average Bonchev–Trinajstić information content (AvgIpc) is 2.80. The molecule has 1 heterocycles. The highest BCUT2D eigenvalue weighted by molar-refractivity contribution is 8.13. The molecule has 0 bridgehead atoms. The minimum Gasteiger partial charge on any atom is -0.443 e. The van der Waals surface area contributed by atoms with Gasteiger partial charge in [0.2, 0.25) is 6.08 Å². The molecule has 39 heavy (non-hydrogen) atoms. The van der Waals surface area contributed by atoms with Crippen molar-refractivity contribution >= 4 is 43.6 Å². The lowest BCUT2D eigenvalue weighted by Gasteiger charge is -2.22. The Morgan fingerprint density at radius 2 is 1.49 bits per heavy atom. The number of anilines is 1. The summed E-state index contributed by atoms with van der Waals surface area (Å²) in [5.41, 5.74) is -10.1. The molecule has 1 amide bonds. The molecule has 0 fully saturated rings. The molecule has 0 aliphatic rings. The van der Waals surface area contributed by atoms with E-state index in [2.05, 4.69) is 29.4 Å². The zero-order valence-corrected chi connectivity index (χ0v) is 21.4. The number of rotatable bonds is 9. The van der Waals surface area contributed by atoms with Crippen LogP contribution in [0.1, 0.15) is 18.9 Å². The highest BCUT2D eigenvalue weighted by Gasteiger charge is 2.46. The third kappa shape index (κ3) is 11.4. The molecule has 1 aromatic heterocycles. The Bertz CT molecular complexity index is 1320. The first kappa shape index (κ1) is 33.5. The van der Waals surface area contributed by atoms with Crippen molar-refractivity contribution in [1.82, 2.24) is 0 Å². The van der Waals surface area contributed by atoms with Crippen molar-refractivity contribution in [3.05, 3.63) is 58.5 Å². The molecular formula is C20H20F6N4O7S2. The maximum atomic E-state index is 11.7. The SMILES string of the molecule is CCCc1cc[n+](CCOC(=O)Nc2ccc(N=C=O)cc2)cc1.O=S(=O)([N-]S(=O)(=O)C(F)(F)F)C(F)(F)F. The molecule has 0 aliphatic heterocycles. The summed E-state index contributed by atoms with van der Waals surface area (Å²) < 4.78 is 116. The molecule has 216 valence electrons. The lowest BCUT2D eigenvalue weighted by atomic mass is 10.2. The zero-order chi connectivity index (χ0) is 29.9. The lowest BCUT2D eigenvalue weighted by Crippen LogP contribution is -2.36. The fourth-order valence-corrected chi connectivity index (χ4v) is 4.09. The van der Waals surface area contributed by atoms with Crippen molar-refractivity contribution in [3.8, 4) is 0 Å². The minimum absolute atomic E-state index is 0.275. The number of nitrogens with zero attached hydrogens (tertiary/aromatic N) is 3. The number of amides is 1. The van der Waals surface area contributed by atoms with E-state index in [0.717, 1.165) is 17.0 Å². The molecule has 11 nitrogen and oxygen atoms in total. The second kappa shape index (κ2) is 14.0. The Kier molecular flexibility index (Phi) is 12.0. The number of isocyanates is 1. The van der Waals surface area contributed by atoms with Gasteiger partial charge >= 0.3 is 17.1 Å². The van der Waals surface area contributed by atoms with Crippen LogP contribution in [0.15, 0.2) is 53.8 Å². The van der Waals surface area contributed by atoms with Gasteiger partial charge in [0.15, 0.2) is 45.6 Å². The van der Waals surface area contributed by atoms with Crippen molar-refractivity contribution in [2.24, 2.45) is 4.99 Å². The highest BCUT2D eigenvalue weighted by Crippen LogP contribution is 2.36. The Morgan fingerprint density at radius 1 is 0.974 bits per heavy atom. The fraction of sp³-hybridized carbons (Fsp3) is 0.350. The maximum absolute atomic E-state index is 11.7. The van der Waals surface area contributed by atoms with Gasteiger partial charge in [-0.3, -0.25) is 5.32 Å². The maximum Gasteiger partial charge on any atom is 0.480 e. The van der Waals surface area contributed by atoms with Crippen LogP contribution in [0.25, 0.3) is 4.13 Å². The molecule has 0 saturated carbocycles. The van der Waals surface area contributed by atoms with E-state index >= 15 is 0 Å². The molecule has 0 saturated heterocycles. The first-order chi connectivity index (χ1) is 17.9. The van der Waals surface area contributed by atoms with E-state index in [1.54, 1.807) is 24.3 Å². The lowest BCUT2D eigenvalue weighted by molar-refractivity contribution is -0.697. The number of aliphatic imine (C=N–C) groups is 1. The predicted octanol–water partition coefficient (Wildman–Crippen LogP) is 4.20. The van der Waals surface area contributed by atoms with Crippen LogP contribution in [0.2, 0.25) is 0 Å². The van der Waals surface area contributed by atoms with Gasteiger partial charge in [0, 0.05) is 17.8 Å². The number of carbonyl (C=O) groups excluding carboxylic acids is 2. The molecule has 1 N–H and O–H groups in total. The van der Waals surface area contributed by atoms with Crippen LogP contribution < -0.4 is 9.88 Å². The minimum atomic E-state index is -6.72. The van der Waals surface area contributed by atoms with E-state index in [1.807, 2.05) is 17.0 Å². The van der Waals surface area contributed by atoms with E-state index in [9.17, 15) is 52.8 Å². The number of pyridine rings is 1. The Hall–Kier alpha value is -3.54. The largest absolute Gasteiger partial charge is 0.480 e. The molecule has 2 rings (SSSR count). The number of alkyl halides is 6. The van der Waals surface area contributed by atoms with Crippen molar-refractivity contribution in [3.63, 3.8) is 0 Å². The Labute approximate surface area is 218 Å². The number of hydrogen-bond acceptors (Lipinski definition) is 8. The van der Waals surface area contributed by atoms with Gasteiger partial charge in [-0.05, 0) is 36.2 Å². The molecular weight excluding hydrogens is 586 g/mol. The van der Waals surface area contributed by atoms with Gasteiger partial charge in [-0.15, -0.1) is 0 Å². The molecule has 0 spiro atoms. The van der Waals surface area contributed by atoms with E-state index in [0.29, 0.717) is 17.9 Å². The summed E-state index contributed by atoms with van der Waals surface area (Å²) in [6.45, 7) is 3.01. The molecule has 0 radical (unpaired) electrons. The number of aryl methyl sites for hydroxylation is 1. The van der Waals surface area contributed by atoms with E-state index in [1.165, 1.54) is 11.6 Å². The Morgan fingerprint density at radius 3 is 1.92 bits per heavy atom.